The fraction of sp³-hybridized carbons (Fsp3) is 0.500. The SMILES string of the molecule is COc1ccc(NC(=O)OC(C)(C)C)cc1[C@@H]1C[C@H]1C(=O)O. The van der Waals surface area contributed by atoms with E-state index in [1.54, 1.807) is 39.0 Å². The molecule has 6 nitrogen and oxygen atoms in total. The van der Waals surface area contributed by atoms with Gasteiger partial charge in [0.1, 0.15) is 11.4 Å². The summed E-state index contributed by atoms with van der Waals surface area (Å²) in [4.78, 5) is 22.8. The monoisotopic (exact) mass is 307 g/mol. The molecule has 0 bridgehead atoms. The Labute approximate surface area is 129 Å². The average molecular weight is 307 g/mol. The topological polar surface area (TPSA) is 84.9 Å². The Kier molecular flexibility index (Phi) is 4.30. The minimum Gasteiger partial charge on any atom is -0.496 e. The van der Waals surface area contributed by atoms with Crippen molar-refractivity contribution in [3.63, 3.8) is 0 Å². The summed E-state index contributed by atoms with van der Waals surface area (Å²) in [5.41, 5.74) is 0.772. The van der Waals surface area contributed by atoms with Gasteiger partial charge in [-0.3, -0.25) is 10.1 Å². The van der Waals surface area contributed by atoms with Crippen LogP contribution in [0.25, 0.3) is 0 Å². The molecule has 0 spiro atoms. The number of amides is 1. The van der Waals surface area contributed by atoms with Gasteiger partial charge in [-0.15, -0.1) is 0 Å². The van der Waals surface area contributed by atoms with Crippen molar-refractivity contribution in [1.29, 1.82) is 0 Å². The molecular formula is C16H21NO5. The summed E-state index contributed by atoms with van der Waals surface area (Å²) >= 11 is 0. The molecule has 1 aliphatic carbocycles. The molecular weight excluding hydrogens is 286 g/mol. The predicted octanol–water partition coefficient (Wildman–Crippen LogP) is 3.23. The van der Waals surface area contributed by atoms with Crippen LogP contribution < -0.4 is 10.1 Å². The van der Waals surface area contributed by atoms with Crippen molar-refractivity contribution >= 4 is 17.7 Å². The maximum absolute atomic E-state index is 11.8. The smallest absolute Gasteiger partial charge is 0.412 e. The first-order chi connectivity index (χ1) is 10.2. The van der Waals surface area contributed by atoms with Gasteiger partial charge in [0, 0.05) is 17.2 Å². The Morgan fingerprint density at radius 2 is 2.00 bits per heavy atom. The van der Waals surface area contributed by atoms with E-state index in [0.717, 1.165) is 5.56 Å². The fourth-order valence-electron chi connectivity index (χ4n) is 2.33. The van der Waals surface area contributed by atoms with Crippen molar-refractivity contribution in [3.05, 3.63) is 23.8 Å². The zero-order valence-electron chi connectivity index (χ0n) is 13.2. The highest BCUT2D eigenvalue weighted by Crippen LogP contribution is 2.51. The molecule has 22 heavy (non-hydrogen) atoms. The molecule has 1 saturated carbocycles. The highest BCUT2D eigenvalue weighted by atomic mass is 16.6. The third-order valence-corrected chi connectivity index (χ3v) is 3.38. The lowest BCUT2D eigenvalue weighted by molar-refractivity contribution is -0.138. The molecule has 1 aromatic carbocycles. The minimum atomic E-state index is -0.808. The van der Waals surface area contributed by atoms with E-state index < -0.39 is 17.7 Å². The number of rotatable bonds is 4. The Balaban J connectivity index is 2.14. The number of aliphatic carboxylic acids is 1. The number of carbonyl (C=O) groups is 2. The zero-order chi connectivity index (χ0) is 16.5. The molecule has 2 atom stereocenters. The van der Waals surface area contributed by atoms with Crippen LogP contribution in [0.5, 0.6) is 5.75 Å². The number of carboxylic acids is 1. The van der Waals surface area contributed by atoms with Gasteiger partial charge in [0.2, 0.25) is 0 Å². The van der Waals surface area contributed by atoms with Crippen molar-refractivity contribution in [1.82, 2.24) is 0 Å². The lowest BCUT2D eigenvalue weighted by atomic mass is 10.1. The van der Waals surface area contributed by atoms with E-state index in [4.69, 9.17) is 14.6 Å². The third-order valence-electron chi connectivity index (χ3n) is 3.38. The minimum absolute atomic E-state index is 0.0761. The molecule has 120 valence electrons. The van der Waals surface area contributed by atoms with E-state index >= 15 is 0 Å². The van der Waals surface area contributed by atoms with E-state index in [-0.39, 0.29) is 11.8 Å². The van der Waals surface area contributed by atoms with E-state index in [1.807, 2.05) is 0 Å². The van der Waals surface area contributed by atoms with Crippen LogP contribution in [0.4, 0.5) is 10.5 Å². The highest BCUT2D eigenvalue weighted by molar-refractivity contribution is 5.85. The average Bonchev–Trinajstić information content (AvgIpc) is 3.16. The molecule has 0 saturated heterocycles. The van der Waals surface area contributed by atoms with Crippen molar-refractivity contribution in [2.75, 3.05) is 12.4 Å². The summed E-state index contributed by atoms with van der Waals surface area (Å²) in [7, 11) is 1.54. The van der Waals surface area contributed by atoms with Crippen LogP contribution in [-0.4, -0.2) is 29.9 Å². The summed E-state index contributed by atoms with van der Waals surface area (Å²) in [6.07, 6.45) is 0.0379. The van der Waals surface area contributed by atoms with Crippen LogP contribution in [0.2, 0.25) is 0 Å². The van der Waals surface area contributed by atoms with E-state index in [1.165, 1.54) is 7.11 Å². The van der Waals surface area contributed by atoms with Crippen LogP contribution in [0.3, 0.4) is 0 Å². The molecule has 2 N–H and O–H groups in total. The van der Waals surface area contributed by atoms with Gasteiger partial charge in [-0.05, 0) is 45.4 Å². The van der Waals surface area contributed by atoms with Gasteiger partial charge >= 0.3 is 12.1 Å². The van der Waals surface area contributed by atoms with Crippen LogP contribution in [0.1, 0.15) is 38.7 Å². The van der Waals surface area contributed by atoms with Crippen molar-refractivity contribution in [2.45, 2.75) is 38.7 Å². The Morgan fingerprint density at radius 1 is 1.32 bits per heavy atom. The Hall–Kier alpha value is -2.24. The first-order valence-corrected chi connectivity index (χ1v) is 7.12. The van der Waals surface area contributed by atoms with Gasteiger partial charge in [-0.25, -0.2) is 4.79 Å². The lowest BCUT2D eigenvalue weighted by Gasteiger charge is -2.20. The summed E-state index contributed by atoms with van der Waals surface area (Å²) in [5.74, 6) is -0.639. The number of nitrogens with one attached hydrogen (secondary N) is 1. The number of methoxy groups -OCH3 is 1. The van der Waals surface area contributed by atoms with Crippen LogP contribution in [0.15, 0.2) is 18.2 Å². The maximum atomic E-state index is 11.8. The number of carboxylic acid groups (broad SMARTS) is 1. The van der Waals surface area contributed by atoms with Gasteiger partial charge in [-0.1, -0.05) is 0 Å². The largest absolute Gasteiger partial charge is 0.496 e. The number of hydrogen-bond acceptors (Lipinski definition) is 4. The van der Waals surface area contributed by atoms with Crippen LogP contribution >= 0.6 is 0 Å². The number of carbonyl (C=O) groups excluding carboxylic acids is 1. The number of ether oxygens (including phenoxy) is 2. The Bertz CT molecular complexity index is 591. The van der Waals surface area contributed by atoms with E-state index in [2.05, 4.69) is 5.32 Å². The van der Waals surface area contributed by atoms with E-state index in [0.29, 0.717) is 17.9 Å². The quantitative estimate of drug-likeness (QED) is 0.892. The van der Waals surface area contributed by atoms with Gasteiger partial charge < -0.3 is 14.6 Å². The molecule has 0 aliphatic heterocycles. The maximum Gasteiger partial charge on any atom is 0.412 e. The summed E-state index contributed by atoms with van der Waals surface area (Å²) in [5, 5.41) is 11.7. The molecule has 1 amide bonds. The normalized spacial score (nSPS) is 20.2. The molecule has 0 heterocycles. The zero-order valence-corrected chi connectivity index (χ0v) is 13.2. The molecule has 1 aliphatic rings. The predicted molar refractivity (Wildman–Crippen MR) is 81.3 cm³/mol. The summed E-state index contributed by atoms with van der Waals surface area (Å²) in [6.45, 7) is 5.36. The van der Waals surface area contributed by atoms with Gasteiger partial charge in [0.15, 0.2) is 0 Å². The molecule has 1 fully saturated rings. The molecule has 1 aromatic rings. The van der Waals surface area contributed by atoms with Gasteiger partial charge in [0.05, 0.1) is 13.0 Å². The first-order valence-electron chi connectivity index (χ1n) is 7.12. The molecule has 6 heteroatoms. The summed E-state index contributed by atoms with van der Waals surface area (Å²) in [6, 6.07) is 5.17. The second kappa shape index (κ2) is 5.87. The fourth-order valence-corrected chi connectivity index (χ4v) is 2.33. The number of anilines is 1. The summed E-state index contributed by atoms with van der Waals surface area (Å²) < 4.78 is 10.5. The van der Waals surface area contributed by atoms with Crippen LogP contribution in [0, 0.1) is 5.92 Å². The molecule has 0 aromatic heterocycles. The second-order valence-corrected chi connectivity index (χ2v) is 6.37. The lowest BCUT2D eigenvalue weighted by Crippen LogP contribution is -2.27. The van der Waals surface area contributed by atoms with Gasteiger partial charge in [-0.2, -0.15) is 0 Å². The van der Waals surface area contributed by atoms with Crippen LogP contribution in [-0.2, 0) is 9.53 Å². The number of benzene rings is 1. The van der Waals surface area contributed by atoms with E-state index in [9.17, 15) is 9.59 Å². The van der Waals surface area contributed by atoms with Crippen molar-refractivity contribution < 1.29 is 24.2 Å². The van der Waals surface area contributed by atoms with Crippen molar-refractivity contribution in [2.24, 2.45) is 5.92 Å². The molecule has 2 rings (SSSR count). The third kappa shape index (κ3) is 3.90. The number of hydrogen-bond donors (Lipinski definition) is 2. The standard InChI is InChI=1S/C16H21NO5/c1-16(2,3)22-15(20)17-9-5-6-13(21-4)11(7-9)10-8-12(10)14(18)19/h5-7,10,12H,8H2,1-4H3,(H,17,20)(H,18,19)/t10-,12+/m0/s1. The highest BCUT2D eigenvalue weighted by Gasteiger charge is 2.45. The molecule has 0 unspecified atom stereocenters. The van der Waals surface area contributed by atoms with Gasteiger partial charge in [0.25, 0.3) is 0 Å². The van der Waals surface area contributed by atoms with Crippen molar-refractivity contribution in [3.8, 4) is 5.75 Å². The second-order valence-electron chi connectivity index (χ2n) is 6.37. The molecule has 0 radical (unpaired) electrons. The Morgan fingerprint density at radius 3 is 2.50 bits per heavy atom. The first kappa shape index (κ1) is 16.1.